The third-order valence-corrected chi connectivity index (χ3v) is 4.41. The van der Waals surface area contributed by atoms with Crippen LogP contribution >= 0.6 is 0 Å². The number of carboxylic acids is 1. The van der Waals surface area contributed by atoms with Crippen molar-refractivity contribution in [2.45, 2.75) is 20.4 Å². The van der Waals surface area contributed by atoms with Crippen LogP contribution in [0.2, 0.25) is 0 Å². The fraction of sp³-hybridized carbons (Fsp3) is 0.300. The maximum Gasteiger partial charge on any atom is 0.325 e. The Labute approximate surface area is 172 Å². The first-order valence-electron chi connectivity index (χ1n) is 9.06. The standard InChI is InChI=1S/C20H21N5O5/c1-11(26)20-15-5-14(13-7-21-12(2)22-8-13)17(30-10-18(27)24(3)4)6-16(15)25(23-20)9-19(28)29/h5-8H,9-10H2,1-4H3,(H,28,29). The van der Waals surface area contributed by atoms with Crippen LogP contribution in [0.4, 0.5) is 0 Å². The van der Waals surface area contributed by atoms with Crippen molar-refractivity contribution in [3.8, 4) is 16.9 Å². The monoisotopic (exact) mass is 411 g/mol. The molecule has 3 aromatic rings. The summed E-state index contributed by atoms with van der Waals surface area (Å²) >= 11 is 0. The van der Waals surface area contributed by atoms with Crippen molar-refractivity contribution in [3.05, 3.63) is 36.0 Å². The summed E-state index contributed by atoms with van der Waals surface area (Å²) in [6.45, 7) is 2.48. The second-order valence-electron chi connectivity index (χ2n) is 6.92. The van der Waals surface area contributed by atoms with Gasteiger partial charge in [-0.15, -0.1) is 0 Å². The first-order valence-corrected chi connectivity index (χ1v) is 9.06. The van der Waals surface area contributed by atoms with Crippen molar-refractivity contribution in [1.82, 2.24) is 24.6 Å². The summed E-state index contributed by atoms with van der Waals surface area (Å²) in [5, 5.41) is 13.8. The van der Waals surface area contributed by atoms with Crippen LogP contribution < -0.4 is 4.74 Å². The van der Waals surface area contributed by atoms with Crippen molar-refractivity contribution in [1.29, 1.82) is 0 Å². The topological polar surface area (TPSA) is 128 Å². The van der Waals surface area contributed by atoms with Gasteiger partial charge in [0.15, 0.2) is 12.4 Å². The molecular weight excluding hydrogens is 390 g/mol. The molecule has 2 aromatic heterocycles. The van der Waals surface area contributed by atoms with Crippen molar-refractivity contribution in [2.75, 3.05) is 20.7 Å². The van der Waals surface area contributed by atoms with E-state index in [0.29, 0.717) is 33.6 Å². The zero-order valence-corrected chi connectivity index (χ0v) is 17.0. The van der Waals surface area contributed by atoms with E-state index in [2.05, 4.69) is 15.1 Å². The Morgan fingerprint density at radius 2 is 1.83 bits per heavy atom. The number of ether oxygens (including phenoxy) is 1. The number of aliphatic carboxylic acids is 1. The molecule has 0 unspecified atom stereocenters. The lowest BCUT2D eigenvalue weighted by atomic mass is 10.0. The molecule has 0 aliphatic rings. The van der Waals surface area contributed by atoms with Crippen LogP contribution in [0.5, 0.6) is 5.75 Å². The maximum atomic E-state index is 12.1. The molecule has 0 fully saturated rings. The second-order valence-corrected chi connectivity index (χ2v) is 6.92. The molecule has 0 saturated carbocycles. The number of hydrogen-bond acceptors (Lipinski definition) is 7. The number of ketones is 1. The Balaban J connectivity index is 2.21. The summed E-state index contributed by atoms with van der Waals surface area (Å²) in [7, 11) is 3.23. The Morgan fingerprint density at radius 1 is 1.17 bits per heavy atom. The largest absolute Gasteiger partial charge is 0.483 e. The van der Waals surface area contributed by atoms with E-state index in [1.54, 1.807) is 45.5 Å². The van der Waals surface area contributed by atoms with Crippen molar-refractivity contribution < 1.29 is 24.2 Å². The second kappa shape index (κ2) is 8.27. The average molecular weight is 411 g/mol. The van der Waals surface area contributed by atoms with Crippen LogP contribution in [0.1, 0.15) is 23.2 Å². The van der Waals surface area contributed by atoms with Crippen LogP contribution in [0, 0.1) is 6.92 Å². The van der Waals surface area contributed by atoms with Gasteiger partial charge in [0.05, 0.1) is 5.52 Å². The normalized spacial score (nSPS) is 10.8. The van der Waals surface area contributed by atoms with Crippen LogP contribution in [-0.2, 0) is 16.1 Å². The van der Waals surface area contributed by atoms with E-state index in [4.69, 9.17) is 4.74 Å². The van der Waals surface area contributed by atoms with E-state index in [-0.39, 0.29) is 24.0 Å². The lowest BCUT2D eigenvalue weighted by molar-refractivity contribution is -0.137. The Kier molecular flexibility index (Phi) is 5.77. The van der Waals surface area contributed by atoms with E-state index in [1.807, 2.05) is 0 Å². The van der Waals surface area contributed by atoms with Gasteiger partial charge in [-0.25, -0.2) is 9.97 Å². The molecule has 10 heteroatoms. The fourth-order valence-electron chi connectivity index (χ4n) is 2.85. The highest BCUT2D eigenvalue weighted by Gasteiger charge is 2.20. The maximum absolute atomic E-state index is 12.1. The van der Waals surface area contributed by atoms with Crippen molar-refractivity contribution in [3.63, 3.8) is 0 Å². The molecule has 2 heterocycles. The van der Waals surface area contributed by atoms with Gasteiger partial charge in [0.2, 0.25) is 0 Å². The zero-order chi connectivity index (χ0) is 22.0. The van der Waals surface area contributed by atoms with Gasteiger partial charge < -0.3 is 14.7 Å². The van der Waals surface area contributed by atoms with Gasteiger partial charge in [-0.1, -0.05) is 0 Å². The number of carbonyl (C=O) groups excluding carboxylic acids is 2. The first-order chi connectivity index (χ1) is 14.2. The van der Waals surface area contributed by atoms with Gasteiger partial charge >= 0.3 is 5.97 Å². The summed E-state index contributed by atoms with van der Waals surface area (Å²) in [6, 6.07) is 3.26. The fourth-order valence-corrected chi connectivity index (χ4v) is 2.85. The third-order valence-electron chi connectivity index (χ3n) is 4.41. The molecule has 156 valence electrons. The molecule has 0 atom stereocenters. The molecule has 1 amide bonds. The highest BCUT2D eigenvalue weighted by molar-refractivity contribution is 6.06. The lowest BCUT2D eigenvalue weighted by Crippen LogP contribution is -2.27. The number of carboxylic acid groups (broad SMARTS) is 1. The number of aromatic nitrogens is 4. The minimum absolute atomic E-state index is 0.149. The number of Topliss-reactive ketones (excluding diaryl/α,β-unsaturated/α-hetero) is 1. The minimum atomic E-state index is -1.10. The molecule has 3 rings (SSSR count). The molecule has 0 aliphatic carbocycles. The van der Waals surface area contributed by atoms with Gasteiger partial charge in [-0.05, 0) is 13.0 Å². The summed E-state index contributed by atoms with van der Waals surface area (Å²) in [4.78, 5) is 45.1. The van der Waals surface area contributed by atoms with E-state index < -0.39 is 12.5 Å². The molecule has 30 heavy (non-hydrogen) atoms. The van der Waals surface area contributed by atoms with Crippen LogP contribution in [0.3, 0.4) is 0 Å². The van der Waals surface area contributed by atoms with Crippen LogP contribution in [0.15, 0.2) is 24.5 Å². The number of aryl methyl sites for hydroxylation is 1. The molecule has 0 aliphatic heterocycles. The number of benzene rings is 1. The molecule has 0 radical (unpaired) electrons. The Morgan fingerprint density at radius 3 is 2.40 bits per heavy atom. The predicted molar refractivity (Wildman–Crippen MR) is 107 cm³/mol. The number of amides is 1. The highest BCUT2D eigenvalue weighted by Crippen LogP contribution is 2.35. The molecule has 1 N–H and O–H groups in total. The number of likely N-dealkylation sites (N-methyl/N-ethyl adjacent to an activating group) is 1. The summed E-state index contributed by atoms with van der Waals surface area (Å²) in [6.07, 6.45) is 3.22. The van der Waals surface area contributed by atoms with Crippen LogP contribution in [0.25, 0.3) is 22.0 Å². The molecule has 0 saturated heterocycles. The molecule has 10 nitrogen and oxygen atoms in total. The van der Waals surface area contributed by atoms with E-state index in [0.717, 1.165) is 0 Å². The number of rotatable bonds is 7. The molecule has 0 spiro atoms. The quantitative estimate of drug-likeness (QED) is 0.580. The highest BCUT2D eigenvalue weighted by atomic mass is 16.5. The molecule has 0 bridgehead atoms. The predicted octanol–water partition coefficient (Wildman–Crippen LogP) is 1.56. The van der Waals surface area contributed by atoms with Crippen LogP contribution in [-0.4, -0.2) is 68.1 Å². The number of hydrogen-bond donors (Lipinski definition) is 1. The average Bonchev–Trinajstić information content (AvgIpc) is 3.03. The minimum Gasteiger partial charge on any atom is -0.483 e. The Bertz CT molecular complexity index is 1130. The number of fused-ring (bicyclic) bond motifs is 1. The SMILES string of the molecule is CC(=O)c1nn(CC(=O)O)c2cc(OCC(=O)N(C)C)c(-c3cnc(C)nc3)cc12. The summed E-state index contributed by atoms with van der Waals surface area (Å²) < 4.78 is 6.99. The van der Waals surface area contributed by atoms with Gasteiger partial charge in [0.25, 0.3) is 5.91 Å². The van der Waals surface area contributed by atoms with Gasteiger partial charge in [0.1, 0.15) is 23.8 Å². The van der Waals surface area contributed by atoms with Crippen molar-refractivity contribution >= 4 is 28.6 Å². The zero-order valence-electron chi connectivity index (χ0n) is 17.0. The van der Waals surface area contributed by atoms with Gasteiger partial charge in [-0.3, -0.25) is 19.1 Å². The molecular formula is C20H21N5O5. The summed E-state index contributed by atoms with van der Waals surface area (Å²) in [5.74, 6) is -0.734. The van der Waals surface area contributed by atoms with E-state index in [9.17, 15) is 19.5 Å². The smallest absolute Gasteiger partial charge is 0.325 e. The lowest BCUT2D eigenvalue weighted by Gasteiger charge is -2.15. The first kappa shape index (κ1) is 20.9. The third kappa shape index (κ3) is 4.27. The number of nitrogens with zero attached hydrogens (tertiary/aromatic N) is 5. The van der Waals surface area contributed by atoms with E-state index in [1.165, 1.54) is 16.5 Å². The molecule has 1 aromatic carbocycles. The van der Waals surface area contributed by atoms with Gasteiger partial charge in [0, 0.05) is 56.0 Å². The van der Waals surface area contributed by atoms with Gasteiger partial charge in [-0.2, -0.15) is 5.10 Å². The number of carbonyl (C=O) groups is 3. The summed E-state index contributed by atoms with van der Waals surface area (Å²) in [5.41, 5.74) is 1.74. The van der Waals surface area contributed by atoms with Crippen molar-refractivity contribution in [2.24, 2.45) is 0 Å². The van der Waals surface area contributed by atoms with E-state index >= 15 is 0 Å². The Hall–Kier alpha value is -3.82.